The summed E-state index contributed by atoms with van der Waals surface area (Å²) in [6.07, 6.45) is 0.292. The maximum atomic E-state index is 12.3. The number of nitrogens with zero attached hydrogens (tertiary/aromatic N) is 4. The summed E-state index contributed by atoms with van der Waals surface area (Å²) in [5.74, 6) is 0.386. The Morgan fingerprint density at radius 2 is 1.97 bits per heavy atom. The standard InChI is InChI=1S/C21H14Cl2N6OS2/c22-13-6-5-11(9-14(13)23)16-10-32-20(25-16)26-17(30)7-8-31-21-27-19-18(28-29-21)12-3-1-2-4-15(12)24-19/h1-6,9-10H,7-8H2,(H,24,27,29)(H,25,26,30). The summed E-state index contributed by atoms with van der Waals surface area (Å²) in [6, 6.07) is 13.2. The van der Waals surface area contributed by atoms with Crippen LogP contribution >= 0.6 is 46.3 Å². The van der Waals surface area contributed by atoms with Crippen LogP contribution in [-0.4, -0.2) is 36.8 Å². The van der Waals surface area contributed by atoms with Crippen molar-refractivity contribution < 1.29 is 4.79 Å². The van der Waals surface area contributed by atoms with Crippen LogP contribution in [0, 0.1) is 0 Å². The number of halogens is 2. The summed E-state index contributed by atoms with van der Waals surface area (Å²) in [7, 11) is 0. The Kier molecular flexibility index (Phi) is 5.97. The molecule has 0 radical (unpaired) electrons. The normalized spacial score (nSPS) is 11.3. The molecule has 5 aromatic rings. The van der Waals surface area contributed by atoms with Crippen molar-refractivity contribution in [1.29, 1.82) is 0 Å². The number of H-pyrrole nitrogens is 1. The molecule has 0 atom stereocenters. The van der Waals surface area contributed by atoms with E-state index in [0.29, 0.717) is 38.2 Å². The molecule has 0 bridgehead atoms. The summed E-state index contributed by atoms with van der Waals surface area (Å²) in [5, 5.41) is 16.1. The summed E-state index contributed by atoms with van der Waals surface area (Å²) >= 11 is 14.8. The van der Waals surface area contributed by atoms with Gasteiger partial charge in [-0.1, -0.05) is 59.2 Å². The molecule has 3 aromatic heterocycles. The van der Waals surface area contributed by atoms with E-state index in [1.165, 1.54) is 23.1 Å². The van der Waals surface area contributed by atoms with Gasteiger partial charge >= 0.3 is 0 Å². The minimum absolute atomic E-state index is 0.132. The molecule has 5 rings (SSSR count). The van der Waals surface area contributed by atoms with Crippen LogP contribution in [0.4, 0.5) is 5.13 Å². The lowest BCUT2D eigenvalue weighted by atomic mass is 10.2. The summed E-state index contributed by atoms with van der Waals surface area (Å²) < 4.78 is 0. The second-order valence-corrected chi connectivity index (χ2v) is 9.51. The third-order valence-electron chi connectivity index (χ3n) is 4.63. The molecule has 2 N–H and O–H groups in total. The lowest BCUT2D eigenvalue weighted by Crippen LogP contribution is -2.12. The average molecular weight is 501 g/mol. The fourth-order valence-electron chi connectivity index (χ4n) is 3.10. The molecule has 0 aliphatic rings. The van der Waals surface area contributed by atoms with E-state index in [9.17, 15) is 4.79 Å². The zero-order valence-corrected chi connectivity index (χ0v) is 19.4. The fraction of sp³-hybridized carbons (Fsp3) is 0.0952. The summed E-state index contributed by atoms with van der Waals surface area (Å²) in [4.78, 5) is 24.5. The Labute approximate surface area is 200 Å². The molecule has 3 heterocycles. The molecule has 2 aromatic carbocycles. The zero-order chi connectivity index (χ0) is 22.1. The maximum Gasteiger partial charge on any atom is 0.226 e. The van der Waals surface area contributed by atoms with Gasteiger partial charge in [0.25, 0.3) is 0 Å². The van der Waals surface area contributed by atoms with Crippen LogP contribution in [0.3, 0.4) is 0 Å². The van der Waals surface area contributed by atoms with Crippen molar-refractivity contribution in [3.8, 4) is 11.3 Å². The average Bonchev–Trinajstić information content (AvgIpc) is 3.39. The number of thioether (sulfide) groups is 1. The van der Waals surface area contributed by atoms with Gasteiger partial charge in [-0.2, -0.15) is 0 Å². The van der Waals surface area contributed by atoms with Crippen LogP contribution in [0.15, 0.2) is 53.0 Å². The van der Waals surface area contributed by atoms with E-state index < -0.39 is 0 Å². The van der Waals surface area contributed by atoms with Gasteiger partial charge in [-0.25, -0.2) is 9.97 Å². The predicted octanol–water partition coefficient (Wildman–Crippen LogP) is 6.06. The second kappa shape index (κ2) is 9.03. The van der Waals surface area contributed by atoms with Gasteiger partial charge < -0.3 is 10.3 Å². The highest BCUT2D eigenvalue weighted by Crippen LogP contribution is 2.30. The highest BCUT2D eigenvalue weighted by atomic mass is 35.5. The molecule has 11 heteroatoms. The number of para-hydroxylation sites is 1. The van der Waals surface area contributed by atoms with Crippen molar-refractivity contribution in [2.45, 2.75) is 11.6 Å². The van der Waals surface area contributed by atoms with Gasteiger partial charge in [-0.15, -0.1) is 21.5 Å². The third-order valence-corrected chi connectivity index (χ3v) is 6.96. The van der Waals surface area contributed by atoms with Gasteiger partial charge in [0.15, 0.2) is 10.8 Å². The molecule has 1 amide bonds. The smallest absolute Gasteiger partial charge is 0.226 e. The van der Waals surface area contributed by atoms with Gasteiger partial charge in [0, 0.05) is 34.0 Å². The van der Waals surface area contributed by atoms with E-state index in [-0.39, 0.29) is 5.91 Å². The Morgan fingerprint density at radius 1 is 1.09 bits per heavy atom. The predicted molar refractivity (Wildman–Crippen MR) is 131 cm³/mol. The first-order chi connectivity index (χ1) is 15.6. The van der Waals surface area contributed by atoms with Crippen LogP contribution in [0.1, 0.15) is 6.42 Å². The van der Waals surface area contributed by atoms with E-state index >= 15 is 0 Å². The van der Waals surface area contributed by atoms with Gasteiger partial charge in [-0.05, 0) is 18.2 Å². The number of anilines is 1. The molecule has 32 heavy (non-hydrogen) atoms. The molecule has 0 unspecified atom stereocenters. The first-order valence-corrected chi connectivity index (χ1v) is 12.1. The first kappa shape index (κ1) is 21.1. The number of thiazole rings is 1. The molecular formula is C21H14Cl2N6OS2. The number of fused-ring (bicyclic) bond motifs is 3. The molecule has 0 aliphatic carbocycles. The maximum absolute atomic E-state index is 12.3. The lowest BCUT2D eigenvalue weighted by Gasteiger charge is -2.02. The minimum Gasteiger partial charge on any atom is -0.338 e. The lowest BCUT2D eigenvalue weighted by molar-refractivity contribution is -0.115. The van der Waals surface area contributed by atoms with Crippen molar-refractivity contribution in [2.75, 3.05) is 11.1 Å². The first-order valence-electron chi connectivity index (χ1n) is 9.51. The topological polar surface area (TPSA) is 96.5 Å². The Morgan fingerprint density at radius 3 is 2.84 bits per heavy atom. The van der Waals surface area contributed by atoms with Crippen LogP contribution in [0.5, 0.6) is 0 Å². The molecular weight excluding hydrogens is 487 g/mol. The largest absolute Gasteiger partial charge is 0.338 e. The Bertz CT molecular complexity index is 1450. The molecule has 0 aliphatic heterocycles. The van der Waals surface area contributed by atoms with Crippen molar-refractivity contribution >= 4 is 79.4 Å². The fourth-order valence-corrected chi connectivity index (χ4v) is 4.86. The van der Waals surface area contributed by atoms with Crippen LogP contribution in [0.25, 0.3) is 33.3 Å². The number of aromatic amines is 1. The molecule has 0 spiro atoms. The number of carbonyl (C=O) groups is 1. The van der Waals surface area contributed by atoms with Crippen molar-refractivity contribution in [3.63, 3.8) is 0 Å². The highest BCUT2D eigenvalue weighted by Gasteiger charge is 2.12. The van der Waals surface area contributed by atoms with Crippen LogP contribution < -0.4 is 5.32 Å². The molecule has 0 saturated heterocycles. The molecule has 0 fully saturated rings. The molecule has 0 saturated carbocycles. The summed E-state index contributed by atoms with van der Waals surface area (Å²) in [6.45, 7) is 0. The van der Waals surface area contributed by atoms with E-state index in [4.69, 9.17) is 23.2 Å². The van der Waals surface area contributed by atoms with Gasteiger partial charge in [0.1, 0.15) is 5.52 Å². The number of benzene rings is 2. The zero-order valence-electron chi connectivity index (χ0n) is 16.3. The van der Waals surface area contributed by atoms with Crippen LogP contribution in [0.2, 0.25) is 10.0 Å². The quantitative estimate of drug-likeness (QED) is 0.275. The number of hydrogen-bond acceptors (Lipinski definition) is 7. The Balaban J connectivity index is 1.18. The van der Waals surface area contributed by atoms with Gasteiger partial charge in [0.2, 0.25) is 11.1 Å². The third kappa shape index (κ3) is 4.42. The van der Waals surface area contributed by atoms with E-state index in [2.05, 4.69) is 30.5 Å². The number of hydrogen-bond donors (Lipinski definition) is 2. The summed E-state index contributed by atoms with van der Waals surface area (Å²) in [5.41, 5.74) is 3.96. The second-order valence-electron chi connectivity index (χ2n) is 6.78. The van der Waals surface area contributed by atoms with Crippen molar-refractivity contribution in [3.05, 3.63) is 57.9 Å². The number of rotatable bonds is 6. The van der Waals surface area contributed by atoms with Crippen LogP contribution in [-0.2, 0) is 4.79 Å². The SMILES string of the molecule is O=C(CCSc1nnc2c(n1)[nH]c1ccccc12)Nc1nc(-c2ccc(Cl)c(Cl)c2)cs1. The van der Waals surface area contributed by atoms with Crippen molar-refractivity contribution in [1.82, 2.24) is 25.1 Å². The van der Waals surface area contributed by atoms with Crippen molar-refractivity contribution in [2.24, 2.45) is 0 Å². The Hall–Kier alpha value is -2.72. The number of aromatic nitrogens is 5. The van der Waals surface area contributed by atoms with E-state index in [1.807, 2.05) is 35.7 Å². The minimum atomic E-state index is -0.132. The number of nitrogens with one attached hydrogen (secondary N) is 2. The number of amides is 1. The monoisotopic (exact) mass is 500 g/mol. The highest BCUT2D eigenvalue weighted by molar-refractivity contribution is 7.99. The molecule has 160 valence electrons. The van der Waals surface area contributed by atoms with E-state index in [1.54, 1.807) is 12.1 Å². The van der Waals surface area contributed by atoms with Gasteiger partial charge in [-0.3, -0.25) is 4.79 Å². The number of carbonyl (C=O) groups excluding carboxylic acids is 1. The molecule has 7 nitrogen and oxygen atoms in total. The van der Waals surface area contributed by atoms with Gasteiger partial charge in [0.05, 0.1) is 15.7 Å². The van der Waals surface area contributed by atoms with E-state index in [0.717, 1.165) is 27.7 Å².